The van der Waals surface area contributed by atoms with Crippen molar-refractivity contribution >= 4 is 5.91 Å². The van der Waals surface area contributed by atoms with Gasteiger partial charge in [0.2, 0.25) is 5.91 Å². The summed E-state index contributed by atoms with van der Waals surface area (Å²) in [6, 6.07) is 0.912. The van der Waals surface area contributed by atoms with Gasteiger partial charge in [0.05, 0.1) is 0 Å². The van der Waals surface area contributed by atoms with Crippen molar-refractivity contribution in [1.29, 1.82) is 0 Å². The highest BCUT2D eigenvalue weighted by atomic mass is 19.4. The first-order valence-electron chi connectivity index (χ1n) is 6.79. The number of aromatic nitrogens is 2. The Balaban J connectivity index is 1.92. The summed E-state index contributed by atoms with van der Waals surface area (Å²) in [4.78, 5) is 19.2. The van der Waals surface area contributed by atoms with Crippen LogP contribution in [-0.4, -0.2) is 22.4 Å². The van der Waals surface area contributed by atoms with E-state index in [0.29, 0.717) is 0 Å². The fraction of sp³-hybridized carbons (Fsp3) is 0.643. The molecule has 1 aromatic heterocycles. The lowest BCUT2D eigenvalue weighted by Crippen LogP contribution is -2.29. The topological polar surface area (TPSA) is 54.9 Å². The molecule has 2 rings (SSSR count). The van der Waals surface area contributed by atoms with E-state index in [2.05, 4.69) is 15.3 Å². The molecule has 0 radical (unpaired) electrons. The average Bonchev–Trinajstić information content (AvgIpc) is 2.96. The highest BCUT2D eigenvalue weighted by Crippen LogP contribution is 2.51. The number of halogens is 3. The fourth-order valence-corrected chi connectivity index (χ4v) is 2.22. The van der Waals surface area contributed by atoms with Gasteiger partial charge in [-0.25, -0.2) is 9.97 Å². The van der Waals surface area contributed by atoms with E-state index in [9.17, 15) is 18.0 Å². The lowest BCUT2D eigenvalue weighted by Gasteiger charge is -2.09. The van der Waals surface area contributed by atoms with E-state index in [4.69, 9.17) is 0 Å². The minimum Gasteiger partial charge on any atom is -0.355 e. The summed E-state index contributed by atoms with van der Waals surface area (Å²) in [5.74, 6) is 0.0445. The monoisotopic (exact) mass is 301 g/mol. The van der Waals surface area contributed by atoms with Crippen LogP contribution in [0.2, 0.25) is 0 Å². The van der Waals surface area contributed by atoms with E-state index >= 15 is 0 Å². The molecule has 1 fully saturated rings. The predicted octanol–water partition coefficient (Wildman–Crippen LogP) is 2.51. The molecule has 4 nitrogen and oxygen atoms in total. The Bertz CT molecular complexity index is 555. The van der Waals surface area contributed by atoms with Gasteiger partial charge in [-0.15, -0.1) is 0 Å². The zero-order valence-corrected chi connectivity index (χ0v) is 12.2. The van der Waals surface area contributed by atoms with E-state index in [-0.39, 0.29) is 41.7 Å². The van der Waals surface area contributed by atoms with Crippen LogP contribution in [0.5, 0.6) is 0 Å². The molecule has 1 aliphatic rings. The smallest absolute Gasteiger partial charge is 0.355 e. The summed E-state index contributed by atoms with van der Waals surface area (Å²) in [5.41, 5.74) is -0.644. The van der Waals surface area contributed by atoms with E-state index < -0.39 is 11.9 Å². The predicted molar refractivity (Wildman–Crippen MR) is 70.4 cm³/mol. The number of hydrogen-bond donors (Lipinski definition) is 1. The molecule has 0 bridgehead atoms. The van der Waals surface area contributed by atoms with E-state index in [0.717, 1.165) is 12.5 Å². The van der Waals surface area contributed by atoms with Gasteiger partial charge in [-0.3, -0.25) is 4.79 Å². The standard InChI is InChI=1S/C14H18F3N3O/c1-8-6-10(14(15,16)17)20-11(19-8)4-5-18-12(21)9-7-13(9,2)3/h6,9H,4-5,7H2,1-3H3,(H,18,21). The second kappa shape index (κ2) is 5.27. The number of alkyl halides is 3. The molecule has 1 heterocycles. The first kappa shape index (κ1) is 15.7. The molecule has 21 heavy (non-hydrogen) atoms. The van der Waals surface area contributed by atoms with Crippen LogP contribution in [0.1, 0.15) is 37.5 Å². The highest BCUT2D eigenvalue weighted by Gasteiger charge is 2.50. The maximum absolute atomic E-state index is 12.6. The number of nitrogens with zero attached hydrogens (tertiary/aromatic N) is 2. The zero-order chi connectivity index (χ0) is 15.8. The van der Waals surface area contributed by atoms with Gasteiger partial charge in [-0.05, 0) is 24.8 Å². The SMILES string of the molecule is Cc1cc(C(F)(F)F)nc(CCNC(=O)C2CC2(C)C)n1. The van der Waals surface area contributed by atoms with Crippen LogP contribution in [0, 0.1) is 18.3 Å². The van der Waals surface area contributed by atoms with Crippen LogP contribution in [0.15, 0.2) is 6.07 Å². The second-order valence-electron chi connectivity index (χ2n) is 6.09. The van der Waals surface area contributed by atoms with Gasteiger partial charge in [-0.1, -0.05) is 13.8 Å². The Hall–Kier alpha value is -1.66. The molecule has 116 valence electrons. The third kappa shape index (κ3) is 3.92. The maximum Gasteiger partial charge on any atom is 0.433 e. The van der Waals surface area contributed by atoms with Gasteiger partial charge in [0.15, 0.2) is 0 Å². The molecule has 1 N–H and O–H groups in total. The van der Waals surface area contributed by atoms with Crippen molar-refractivity contribution in [3.05, 3.63) is 23.3 Å². The van der Waals surface area contributed by atoms with Crippen molar-refractivity contribution in [2.75, 3.05) is 6.54 Å². The average molecular weight is 301 g/mol. The number of nitrogens with one attached hydrogen (secondary N) is 1. The summed E-state index contributed by atoms with van der Waals surface area (Å²) < 4.78 is 37.9. The van der Waals surface area contributed by atoms with Crippen molar-refractivity contribution in [1.82, 2.24) is 15.3 Å². The molecule has 1 unspecified atom stereocenters. The van der Waals surface area contributed by atoms with Crippen LogP contribution in [0.25, 0.3) is 0 Å². The zero-order valence-electron chi connectivity index (χ0n) is 12.2. The van der Waals surface area contributed by atoms with Gasteiger partial charge in [0, 0.05) is 24.6 Å². The van der Waals surface area contributed by atoms with Crippen molar-refractivity contribution in [3.8, 4) is 0 Å². The normalized spacial score (nSPS) is 20.2. The molecule has 1 atom stereocenters. The minimum atomic E-state index is -4.48. The van der Waals surface area contributed by atoms with Gasteiger partial charge in [0.25, 0.3) is 0 Å². The number of hydrogen-bond acceptors (Lipinski definition) is 3. The largest absolute Gasteiger partial charge is 0.433 e. The Labute approximate surface area is 121 Å². The molecule has 1 saturated carbocycles. The molecular weight excluding hydrogens is 283 g/mol. The molecule has 0 saturated heterocycles. The van der Waals surface area contributed by atoms with Crippen LogP contribution >= 0.6 is 0 Å². The number of amides is 1. The van der Waals surface area contributed by atoms with Gasteiger partial charge in [0.1, 0.15) is 11.5 Å². The molecule has 1 amide bonds. The summed E-state index contributed by atoms with van der Waals surface area (Å²) in [7, 11) is 0. The van der Waals surface area contributed by atoms with Crippen molar-refractivity contribution in [3.63, 3.8) is 0 Å². The van der Waals surface area contributed by atoms with Gasteiger partial charge >= 0.3 is 6.18 Å². The van der Waals surface area contributed by atoms with E-state index in [1.54, 1.807) is 0 Å². The van der Waals surface area contributed by atoms with Gasteiger partial charge in [-0.2, -0.15) is 13.2 Å². The van der Waals surface area contributed by atoms with Crippen LogP contribution in [0.3, 0.4) is 0 Å². The van der Waals surface area contributed by atoms with Crippen LogP contribution in [-0.2, 0) is 17.4 Å². The molecule has 1 aromatic rings. The van der Waals surface area contributed by atoms with Crippen molar-refractivity contribution in [2.45, 2.75) is 39.8 Å². The third-order valence-corrected chi connectivity index (χ3v) is 3.67. The Morgan fingerprint density at radius 1 is 1.43 bits per heavy atom. The molecule has 0 aliphatic heterocycles. The van der Waals surface area contributed by atoms with Crippen molar-refractivity contribution in [2.24, 2.45) is 11.3 Å². The quantitative estimate of drug-likeness (QED) is 0.929. The number of rotatable bonds is 4. The Morgan fingerprint density at radius 3 is 2.57 bits per heavy atom. The minimum absolute atomic E-state index is 0.00154. The van der Waals surface area contributed by atoms with Crippen molar-refractivity contribution < 1.29 is 18.0 Å². The molecule has 7 heteroatoms. The van der Waals surface area contributed by atoms with Gasteiger partial charge < -0.3 is 5.32 Å². The van der Waals surface area contributed by atoms with E-state index in [1.807, 2.05) is 13.8 Å². The summed E-state index contributed by atoms with van der Waals surface area (Å²) in [5, 5.41) is 2.73. The number of carbonyl (C=O) groups is 1. The lowest BCUT2D eigenvalue weighted by molar-refractivity contribution is -0.141. The molecule has 0 spiro atoms. The Kier molecular flexibility index (Phi) is 3.95. The second-order valence-corrected chi connectivity index (χ2v) is 6.09. The van der Waals surface area contributed by atoms with E-state index in [1.165, 1.54) is 6.92 Å². The fourth-order valence-electron chi connectivity index (χ4n) is 2.22. The molecular formula is C14H18F3N3O. The number of carbonyl (C=O) groups excluding carboxylic acids is 1. The summed E-state index contributed by atoms with van der Waals surface area (Å²) >= 11 is 0. The molecule has 0 aromatic carbocycles. The first-order chi connectivity index (χ1) is 9.59. The highest BCUT2D eigenvalue weighted by molar-refractivity contribution is 5.82. The lowest BCUT2D eigenvalue weighted by atomic mass is 10.1. The number of aryl methyl sites for hydroxylation is 1. The third-order valence-electron chi connectivity index (χ3n) is 3.67. The first-order valence-corrected chi connectivity index (χ1v) is 6.79. The molecule has 1 aliphatic carbocycles. The maximum atomic E-state index is 12.6. The van der Waals surface area contributed by atoms with Crippen LogP contribution < -0.4 is 5.32 Å². The summed E-state index contributed by atoms with van der Waals surface area (Å²) in [6.07, 6.45) is -3.45. The Morgan fingerprint density at radius 2 is 2.05 bits per heavy atom. The van der Waals surface area contributed by atoms with Crippen LogP contribution in [0.4, 0.5) is 13.2 Å². The summed E-state index contributed by atoms with van der Waals surface area (Å²) in [6.45, 7) is 5.75.